The lowest BCUT2D eigenvalue weighted by atomic mass is 10.1. The van der Waals surface area contributed by atoms with E-state index >= 15 is 0 Å². The molecule has 0 bridgehead atoms. The van der Waals surface area contributed by atoms with Gasteiger partial charge in [0.05, 0.1) is 0 Å². The Balaban J connectivity index is 2.01. The molecule has 2 nitrogen and oxygen atoms in total. The van der Waals surface area contributed by atoms with E-state index in [0.717, 1.165) is 6.04 Å². The highest BCUT2D eigenvalue weighted by Gasteiger charge is 2.22. The van der Waals surface area contributed by atoms with Gasteiger partial charge in [-0.15, -0.1) is 0 Å². The minimum atomic E-state index is 0.336. The molecule has 2 N–H and O–H groups in total. The summed E-state index contributed by atoms with van der Waals surface area (Å²) in [5, 5.41) is 12.6. The summed E-state index contributed by atoms with van der Waals surface area (Å²) in [5.41, 5.74) is 1.24. The fraction of sp³-hybridized carbons (Fsp3) is 0.455. The molecule has 0 aromatic heterocycles. The molecule has 0 aliphatic heterocycles. The van der Waals surface area contributed by atoms with Gasteiger partial charge in [0, 0.05) is 12.1 Å². The van der Waals surface area contributed by atoms with Gasteiger partial charge in [-0.05, 0) is 37.5 Å². The van der Waals surface area contributed by atoms with E-state index in [-0.39, 0.29) is 0 Å². The maximum Gasteiger partial charge on any atom is 0.115 e. The molecule has 1 aromatic rings. The van der Waals surface area contributed by atoms with Gasteiger partial charge in [0.1, 0.15) is 5.75 Å². The molecular formula is C11H15NO. The Bertz CT molecular complexity index is 277. The third kappa shape index (κ3) is 2.22. The van der Waals surface area contributed by atoms with Crippen LogP contribution in [0.1, 0.15) is 31.4 Å². The second-order valence-corrected chi connectivity index (χ2v) is 3.75. The summed E-state index contributed by atoms with van der Waals surface area (Å²) in [7, 11) is 0. The highest BCUT2D eigenvalue weighted by Crippen LogP contribution is 2.24. The van der Waals surface area contributed by atoms with Crippen molar-refractivity contribution < 1.29 is 5.11 Å². The number of hydrogen-bond acceptors (Lipinski definition) is 2. The van der Waals surface area contributed by atoms with Gasteiger partial charge >= 0.3 is 0 Å². The van der Waals surface area contributed by atoms with Crippen molar-refractivity contribution in [2.75, 3.05) is 0 Å². The lowest BCUT2D eigenvalue weighted by Gasteiger charge is -2.13. The average Bonchev–Trinajstić information content (AvgIpc) is 2.89. The van der Waals surface area contributed by atoms with Crippen molar-refractivity contribution in [3.8, 4) is 5.75 Å². The number of hydrogen-bond donors (Lipinski definition) is 2. The molecule has 1 saturated carbocycles. The Morgan fingerprint density at radius 2 is 1.92 bits per heavy atom. The van der Waals surface area contributed by atoms with Crippen molar-refractivity contribution in [3.63, 3.8) is 0 Å². The number of nitrogens with one attached hydrogen (secondary N) is 1. The molecular weight excluding hydrogens is 162 g/mol. The van der Waals surface area contributed by atoms with Crippen molar-refractivity contribution in [3.05, 3.63) is 29.8 Å². The molecule has 1 unspecified atom stereocenters. The first-order chi connectivity index (χ1) is 6.25. The molecule has 0 saturated heterocycles. The molecule has 13 heavy (non-hydrogen) atoms. The monoisotopic (exact) mass is 177 g/mol. The van der Waals surface area contributed by atoms with Crippen LogP contribution in [0.5, 0.6) is 5.75 Å². The van der Waals surface area contributed by atoms with E-state index in [1.807, 2.05) is 12.1 Å². The second kappa shape index (κ2) is 3.38. The molecule has 1 atom stereocenters. The third-order valence-electron chi connectivity index (χ3n) is 2.46. The smallest absolute Gasteiger partial charge is 0.115 e. The van der Waals surface area contributed by atoms with Crippen LogP contribution in [0.4, 0.5) is 0 Å². The van der Waals surface area contributed by atoms with Crippen molar-refractivity contribution >= 4 is 0 Å². The summed E-state index contributed by atoms with van der Waals surface area (Å²) in [6, 6.07) is 8.53. The number of phenolic OH excluding ortho intramolecular Hbond substituents is 1. The Morgan fingerprint density at radius 3 is 2.46 bits per heavy atom. The minimum absolute atomic E-state index is 0.336. The molecule has 0 spiro atoms. The van der Waals surface area contributed by atoms with Crippen LogP contribution in [0.2, 0.25) is 0 Å². The standard InChI is InChI=1S/C11H15NO/c1-8(12-10-4-5-10)9-2-6-11(13)7-3-9/h2-3,6-8,10,12-13H,4-5H2,1H3. The van der Waals surface area contributed by atoms with Crippen LogP contribution in [0, 0.1) is 0 Å². The molecule has 0 radical (unpaired) electrons. The van der Waals surface area contributed by atoms with E-state index in [2.05, 4.69) is 12.2 Å². The first kappa shape index (κ1) is 8.57. The predicted molar refractivity (Wildman–Crippen MR) is 52.7 cm³/mol. The SMILES string of the molecule is CC(NC1CC1)c1ccc(O)cc1. The van der Waals surface area contributed by atoms with E-state index in [4.69, 9.17) is 5.11 Å². The number of phenols is 1. The minimum Gasteiger partial charge on any atom is -0.508 e. The normalized spacial score (nSPS) is 18.5. The lowest BCUT2D eigenvalue weighted by Crippen LogP contribution is -2.20. The number of aromatic hydroxyl groups is 1. The molecule has 0 heterocycles. The van der Waals surface area contributed by atoms with E-state index in [1.54, 1.807) is 12.1 Å². The zero-order valence-corrected chi connectivity index (χ0v) is 7.83. The maximum atomic E-state index is 9.11. The first-order valence-corrected chi connectivity index (χ1v) is 4.80. The molecule has 1 aliphatic carbocycles. The van der Waals surface area contributed by atoms with Crippen LogP contribution >= 0.6 is 0 Å². The quantitative estimate of drug-likeness (QED) is 0.742. The van der Waals surface area contributed by atoms with Gasteiger partial charge in [-0.25, -0.2) is 0 Å². The topological polar surface area (TPSA) is 32.3 Å². The van der Waals surface area contributed by atoms with Crippen molar-refractivity contribution in [1.82, 2.24) is 5.32 Å². The molecule has 0 amide bonds. The van der Waals surface area contributed by atoms with Crippen LogP contribution in [0.3, 0.4) is 0 Å². The average molecular weight is 177 g/mol. The maximum absolute atomic E-state index is 9.11. The van der Waals surface area contributed by atoms with E-state index < -0.39 is 0 Å². The van der Waals surface area contributed by atoms with Gasteiger partial charge in [0.2, 0.25) is 0 Å². The fourth-order valence-electron chi connectivity index (χ4n) is 1.46. The first-order valence-electron chi connectivity index (χ1n) is 4.80. The molecule has 2 rings (SSSR count). The van der Waals surface area contributed by atoms with E-state index in [1.165, 1.54) is 18.4 Å². The van der Waals surface area contributed by atoms with Gasteiger partial charge in [-0.2, -0.15) is 0 Å². The lowest BCUT2D eigenvalue weighted by molar-refractivity contribution is 0.474. The van der Waals surface area contributed by atoms with Crippen LogP contribution in [-0.2, 0) is 0 Å². The van der Waals surface area contributed by atoms with Gasteiger partial charge in [0.15, 0.2) is 0 Å². The summed E-state index contributed by atoms with van der Waals surface area (Å²) in [4.78, 5) is 0. The van der Waals surface area contributed by atoms with Crippen LogP contribution in [-0.4, -0.2) is 11.1 Å². The second-order valence-electron chi connectivity index (χ2n) is 3.75. The van der Waals surface area contributed by atoms with Gasteiger partial charge in [0.25, 0.3) is 0 Å². The Kier molecular flexibility index (Phi) is 2.23. The van der Waals surface area contributed by atoms with Crippen molar-refractivity contribution in [2.45, 2.75) is 31.8 Å². The predicted octanol–water partition coefficient (Wildman–Crippen LogP) is 2.21. The molecule has 1 aromatic carbocycles. The van der Waals surface area contributed by atoms with E-state index in [9.17, 15) is 0 Å². The zero-order chi connectivity index (χ0) is 9.26. The highest BCUT2D eigenvalue weighted by atomic mass is 16.3. The number of rotatable bonds is 3. The summed E-state index contributed by atoms with van der Waals surface area (Å²) >= 11 is 0. The molecule has 1 fully saturated rings. The van der Waals surface area contributed by atoms with Crippen molar-refractivity contribution in [2.24, 2.45) is 0 Å². The Labute approximate surface area is 78.6 Å². The van der Waals surface area contributed by atoms with Crippen LogP contribution in [0.15, 0.2) is 24.3 Å². The zero-order valence-electron chi connectivity index (χ0n) is 7.83. The summed E-state index contributed by atoms with van der Waals surface area (Å²) < 4.78 is 0. The summed E-state index contributed by atoms with van der Waals surface area (Å²) in [5.74, 6) is 0.336. The van der Waals surface area contributed by atoms with Crippen LogP contribution in [0.25, 0.3) is 0 Å². The van der Waals surface area contributed by atoms with Gasteiger partial charge in [-0.1, -0.05) is 12.1 Å². The fourth-order valence-corrected chi connectivity index (χ4v) is 1.46. The molecule has 1 aliphatic rings. The largest absolute Gasteiger partial charge is 0.508 e. The van der Waals surface area contributed by atoms with Crippen molar-refractivity contribution in [1.29, 1.82) is 0 Å². The third-order valence-corrected chi connectivity index (χ3v) is 2.46. The summed E-state index contributed by atoms with van der Waals surface area (Å²) in [6.07, 6.45) is 2.62. The molecule has 2 heteroatoms. The number of benzene rings is 1. The van der Waals surface area contributed by atoms with Gasteiger partial charge in [-0.3, -0.25) is 0 Å². The summed E-state index contributed by atoms with van der Waals surface area (Å²) in [6.45, 7) is 2.16. The Morgan fingerprint density at radius 1 is 1.31 bits per heavy atom. The molecule has 70 valence electrons. The highest BCUT2D eigenvalue weighted by molar-refractivity contribution is 5.27. The van der Waals surface area contributed by atoms with Gasteiger partial charge < -0.3 is 10.4 Å². The Hall–Kier alpha value is -1.02. The van der Waals surface area contributed by atoms with E-state index in [0.29, 0.717) is 11.8 Å². The van der Waals surface area contributed by atoms with Crippen LogP contribution < -0.4 is 5.32 Å².